The van der Waals surface area contributed by atoms with Gasteiger partial charge in [0.2, 0.25) is 0 Å². The van der Waals surface area contributed by atoms with Crippen LogP contribution in [-0.4, -0.2) is 27.8 Å². The average Bonchev–Trinajstić information content (AvgIpc) is 2.88. The monoisotopic (exact) mass is 415 g/mol. The molecule has 0 aliphatic rings. The zero-order valence-corrected chi connectivity index (χ0v) is 16.7. The summed E-state index contributed by atoms with van der Waals surface area (Å²) in [6.45, 7) is 5.68. The van der Waals surface area contributed by atoms with Gasteiger partial charge in [-0.2, -0.15) is 5.10 Å². The number of unbranched alkanes of at least 4 members (excludes halogenated alkanes) is 1. The van der Waals surface area contributed by atoms with Crippen molar-refractivity contribution in [2.45, 2.75) is 46.3 Å². The molecule has 1 heterocycles. The molecular weight excluding hydrogens is 396 g/mol. The molecule has 1 aromatic heterocycles. The Kier molecular flexibility index (Phi) is 7.21. The van der Waals surface area contributed by atoms with E-state index in [1.165, 1.54) is 13.0 Å². The van der Waals surface area contributed by atoms with E-state index in [1.54, 1.807) is 11.6 Å². The zero-order chi connectivity index (χ0) is 20.1. The first-order chi connectivity index (χ1) is 12.7. The quantitative estimate of drug-likeness (QED) is 0.669. The van der Waals surface area contributed by atoms with Crippen molar-refractivity contribution in [2.24, 2.45) is 0 Å². The summed E-state index contributed by atoms with van der Waals surface area (Å²) >= 11 is 12.1. The number of benzene rings is 1. The highest BCUT2D eigenvalue weighted by atomic mass is 35.5. The van der Waals surface area contributed by atoms with Gasteiger partial charge in [-0.15, -0.1) is 0 Å². The summed E-state index contributed by atoms with van der Waals surface area (Å²) in [5.41, 5.74) is 0.773. The molecule has 0 unspecified atom stereocenters. The van der Waals surface area contributed by atoms with Crippen molar-refractivity contribution in [3.05, 3.63) is 45.4 Å². The number of rotatable bonds is 7. The second-order valence-corrected chi connectivity index (χ2v) is 6.75. The van der Waals surface area contributed by atoms with Gasteiger partial charge in [-0.25, -0.2) is 9.18 Å². The molecule has 146 valence electrons. The summed E-state index contributed by atoms with van der Waals surface area (Å²) in [6, 6.07) is 3.55. The number of esters is 1. The fraction of sp³-hybridized carbons (Fsp3) is 0.389. The van der Waals surface area contributed by atoms with Gasteiger partial charge in [0.1, 0.15) is 16.5 Å². The van der Waals surface area contributed by atoms with E-state index in [4.69, 9.17) is 27.9 Å². The zero-order valence-electron chi connectivity index (χ0n) is 15.2. The molecule has 1 amide bonds. The molecule has 6 nitrogen and oxygen atoms in total. The van der Waals surface area contributed by atoms with Gasteiger partial charge in [-0.05, 0) is 38.5 Å². The first-order valence-corrected chi connectivity index (χ1v) is 9.20. The van der Waals surface area contributed by atoms with Crippen LogP contribution in [0.5, 0.6) is 0 Å². The van der Waals surface area contributed by atoms with Gasteiger partial charge in [-0.1, -0.05) is 36.5 Å². The molecule has 0 radical (unpaired) electrons. The average molecular weight is 416 g/mol. The molecular formula is C18H20Cl2FN3O3. The normalized spacial score (nSPS) is 11.9. The van der Waals surface area contributed by atoms with E-state index in [0.717, 1.165) is 25.0 Å². The lowest BCUT2D eigenvalue weighted by Crippen LogP contribution is -2.30. The number of halogens is 3. The summed E-state index contributed by atoms with van der Waals surface area (Å²) in [7, 11) is 0. The first kappa shape index (κ1) is 21.2. The first-order valence-electron chi connectivity index (χ1n) is 8.44. The van der Waals surface area contributed by atoms with Crippen LogP contribution < -0.4 is 5.32 Å². The summed E-state index contributed by atoms with van der Waals surface area (Å²) in [6.07, 6.45) is 0.707. The molecule has 0 fully saturated rings. The maximum absolute atomic E-state index is 13.1. The van der Waals surface area contributed by atoms with Gasteiger partial charge < -0.3 is 10.1 Å². The number of carbonyl (C=O) groups is 2. The van der Waals surface area contributed by atoms with Crippen LogP contribution in [0.3, 0.4) is 0 Å². The van der Waals surface area contributed by atoms with Gasteiger partial charge >= 0.3 is 5.97 Å². The largest absolute Gasteiger partial charge is 0.449 e. The van der Waals surface area contributed by atoms with Crippen molar-refractivity contribution in [3.63, 3.8) is 0 Å². The lowest BCUT2D eigenvalue weighted by molar-refractivity contribution is -0.123. The number of carbonyl (C=O) groups excluding carboxylic acids is 2. The van der Waals surface area contributed by atoms with Crippen LogP contribution in [0.2, 0.25) is 10.2 Å². The summed E-state index contributed by atoms with van der Waals surface area (Å²) in [5.74, 6) is -1.88. The van der Waals surface area contributed by atoms with Gasteiger partial charge in [0.05, 0.1) is 16.4 Å². The highest BCUT2D eigenvalue weighted by Crippen LogP contribution is 2.24. The second-order valence-electron chi connectivity index (χ2n) is 5.99. The Morgan fingerprint density at radius 2 is 2.07 bits per heavy atom. The van der Waals surface area contributed by atoms with Crippen LogP contribution in [0.15, 0.2) is 18.2 Å². The molecule has 0 bridgehead atoms. The SMILES string of the molecule is CCCCn1nc(C)c(C(=O)O[C@@H](C)C(=O)Nc2ccc(F)cc2Cl)c1Cl. The number of anilines is 1. The Hall–Kier alpha value is -2.12. The number of amides is 1. The highest BCUT2D eigenvalue weighted by Gasteiger charge is 2.26. The molecule has 1 atom stereocenters. The maximum atomic E-state index is 13.1. The molecule has 0 spiro atoms. The number of aromatic nitrogens is 2. The third-order valence-corrected chi connectivity index (χ3v) is 4.53. The molecule has 2 aromatic rings. The van der Waals surface area contributed by atoms with Crippen LogP contribution in [0.25, 0.3) is 0 Å². The fourth-order valence-corrected chi connectivity index (χ4v) is 2.89. The van der Waals surface area contributed by atoms with Gasteiger partial charge in [0.25, 0.3) is 5.91 Å². The van der Waals surface area contributed by atoms with Crippen LogP contribution in [0, 0.1) is 12.7 Å². The van der Waals surface area contributed by atoms with Crippen LogP contribution >= 0.6 is 23.2 Å². The molecule has 0 aliphatic heterocycles. The minimum atomic E-state index is -1.12. The van der Waals surface area contributed by atoms with E-state index in [2.05, 4.69) is 10.4 Å². The predicted octanol–water partition coefficient (Wildman–Crippen LogP) is 4.62. The molecule has 1 N–H and O–H groups in total. The summed E-state index contributed by atoms with van der Waals surface area (Å²) < 4.78 is 19.8. The summed E-state index contributed by atoms with van der Waals surface area (Å²) in [5, 5.41) is 6.95. The molecule has 27 heavy (non-hydrogen) atoms. The van der Waals surface area contributed by atoms with E-state index in [1.807, 2.05) is 6.92 Å². The summed E-state index contributed by atoms with van der Waals surface area (Å²) in [4.78, 5) is 24.7. The maximum Gasteiger partial charge on any atom is 0.343 e. The van der Waals surface area contributed by atoms with Gasteiger partial charge in [-0.3, -0.25) is 9.48 Å². The minimum absolute atomic E-state index is 0.0398. The second kappa shape index (κ2) is 9.19. The topological polar surface area (TPSA) is 73.2 Å². The van der Waals surface area contributed by atoms with Crippen molar-refractivity contribution in [1.29, 1.82) is 0 Å². The van der Waals surface area contributed by atoms with Crippen molar-refractivity contribution < 1.29 is 18.7 Å². The van der Waals surface area contributed by atoms with E-state index >= 15 is 0 Å². The smallest absolute Gasteiger partial charge is 0.343 e. The van der Waals surface area contributed by atoms with E-state index in [9.17, 15) is 14.0 Å². The molecule has 0 saturated heterocycles. The Bertz CT molecular complexity index is 855. The lowest BCUT2D eigenvalue weighted by atomic mass is 10.2. The van der Waals surface area contributed by atoms with Gasteiger partial charge in [0.15, 0.2) is 6.10 Å². The standard InChI is InChI=1S/C18H20Cl2FN3O3/c1-4-5-8-24-16(20)15(10(2)23-24)18(26)27-11(3)17(25)22-14-7-6-12(21)9-13(14)19/h6-7,9,11H,4-5,8H2,1-3H3,(H,22,25)/t11-/m0/s1. The Morgan fingerprint density at radius 3 is 2.70 bits per heavy atom. The Balaban J connectivity index is 2.06. The molecule has 0 saturated carbocycles. The van der Waals surface area contributed by atoms with Crippen LogP contribution in [0.1, 0.15) is 42.7 Å². The molecule has 1 aromatic carbocycles. The Labute approximate surface area is 166 Å². The predicted molar refractivity (Wildman–Crippen MR) is 102 cm³/mol. The number of nitrogens with one attached hydrogen (secondary N) is 1. The number of aryl methyl sites for hydroxylation is 2. The third-order valence-electron chi connectivity index (χ3n) is 3.84. The third kappa shape index (κ3) is 5.20. The van der Waals surface area contributed by atoms with Crippen molar-refractivity contribution >= 4 is 40.8 Å². The van der Waals surface area contributed by atoms with Gasteiger partial charge in [0, 0.05) is 6.54 Å². The minimum Gasteiger partial charge on any atom is -0.449 e. The fourth-order valence-electron chi connectivity index (χ4n) is 2.34. The highest BCUT2D eigenvalue weighted by molar-refractivity contribution is 6.34. The van der Waals surface area contributed by atoms with Crippen molar-refractivity contribution in [2.75, 3.05) is 5.32 Å². The molecule has 0 aliphatic carbocycles. The molecule has 2 rings (SSSR count). The van der Waals surface area contributed by atoms with Crippen LogP contribution in [0.4, 0.5) is 10.1 Å². The number of ether oxygens (including phenoxy) is 1. The van der Waals surface area contributed by atoms with E-state index in [-0.39, 0.29) is 21.4 Å². The lowest BCUT2D eigenvalue weighted by Gasteiger charge is -2.14. The van der Waals surface area contributed by atoms with Crippen molar-refractivity contribution in [3.8, 4) is 0 Å². The number of hydrogen-bond donors (Lipinski definition) is 1. The van der Waals surface area contributed by atoms with E-state index < -0.39 is 23.8 Å². The van der Waals surface area contributed by atoms with Crippen molar-refractivity contribution in [1.82, 2.24) is 9.78 Å². The molecule has 9 heteroatoms. The van der Waals surface area contributed by atoms with E-state index in [0.29, 0.717) is 12.2 Å². The number of hydrogen-bond acceptors (Lipinski definition) is 4. The number of nitrogens with zero attached hydrogens (tertiary/aromatic N) is 2. The Morgan fingerprint density at radius 1 is 1.37 bits per heavy atom. The van der Waals surface area contributed by atoms with Crippen LogP contribution in [-0.2, 0) is 16.1 Å².